The van der Waals surface area contributed by atoms with Crippen LogP contribution in [0.3, 0.4) is 0 Å². The number of ether oxygens (including phenoxy) is 1. The average Bonchev–Trinajstić information content (AvgIpc) is 3.30. The van der Waals surface area contributed by atoms with Crippen LogP contribution in [0, 0.1) is 29.4 Å². The molecular formula is C16H12F5NO2. The standard InChI is InChI=1S/C16H12F5NO2/c1-8-14(23)22-11-5-4-10(17)13(18)12(11)15(24-8,16(19,20)21)7-6-9-2-3-9/h4-5,8-9H,2-3H2,1H3,(H,22,23)/t8-,15-/m0/s1. The highest BCUT2D eigenvalue weighted by Gasteiger charge is 2.62. The average molecular weight is 345 g/mol. The number of carbonyl (C=O) groups excluding carboxylic acids is 1. The van der Waals surface area contributed by atoms with E-state index in [0.29, 0.717) is 18.9 Å². The lowest BCUT2D eigenvalue weighted by Crippen LogP contribution is -2.46. The Morgan fingerprint density at radius 3 is 2.54 bits per heavy atom. The molecule has 128 valence electrons. The molecule has 0 saturated heterocycles. The summed E-state index contributed by atoms with van der Waals surface area (Å²) in [5.74, 6) is -0.0139. The summed E-state index contributed by atoms with van der Waals surface area (Å²) in [6.45, 7) is 1.09. The predicted octanol–water partition coefficient (Wildman–Crippen LogP) is 3.49. The topological polar surface area (TPSA) is 38.3 Å². The van der Waals surface area contributed by atoms with E-state index in [1.54, 1.807) is 0 Å². The lowest BCUT2D eigenvalue weighted by molar-refractivity contribution is -0.267. The summed E-state index contributed by atoms with van der Waals surface area (Å²) in [5.41, 5.74) is -5.08. The van der Waals surface area contributed by atoms with Gasteiger partial charge in [0.1, 0.15) is 6.10 Å². The number of amides is 1. The van der Waals surface area contributed by atoms with Crippen molar-refractivity contribution < 1.29 is 31.5 Å². The quantitative estimate of drug-likeness (QED) is 0.577. The SMILES string of the molecule is C[C@@H]1O[C@](C#CC2CC2)(C(F)(F)F)c2c(ccc(F)c2F)NC1=O. The van der Waals surface area contributed by atoms with Gasteiger partial charge < -0.3 is 10.1 Å². The lowest BCUT2D eigenvalue weighted by atomic mass is 9.90. The van der Waals surface area contributed by atoms with E-state index in [4.69, 9.17) is 4.74 Å². The minimum absolute atomic E-state index is 0.241. The first-order chi connectivity index (χ1) is 11.2. The number of rotatable bonds is 0. The van der Waals surface area contributed by atoms with Crippen LogP contribution in [0.25, 0.3) is 0 Å². The third-order valence-corrected chi connectivity index (χ3v) is 3.86. The summed E-state index contributed by atoms with van der Waals surface area (Å²) in [7, 11) is 0. The number of carbonyl (C=O) groups is 1. The molecule has 1 fully saturated rings. The van der Waals surface area contributed by atoms with Crippen LogP contribution in [0.15, 0.2) is 12.1 Å². The zero-order chi connectivity index (χ0) is 17.7. The van der Waals surface area contributed by atoms with Crippen LogP contribution >= 0.6 is 0 Å². The molecule has 1 aromatic rings. The number of alkyl halides is 3. The van der Waals surface area contributed by atoms with Crippen LogP contribution in [-0.2, 0) is 15.1 Å². The number of halogens is 5. The highest BCUT2D eigenvalue weighted by Crippen LogP contribution is 2.48. The molecule has 3 nitrogen and oxygen atoms in total. The maximum atomic E-state index is 14.3. The second-order valence-electron chi connectivity index (χ2n) is 5.76. The number of anilines is 1. The number of hydrogen-bond donors (Lipinski definition) is 1. The predicted molar refractivity (Wildman–Crippen MR) is 73.8 cm³/mol. The normalized spacial score (nSPS) is 26.8. The van der Waals surface area contributed by atoms with Crippen molar-refractivity contribution in [1.29, 1.82) is 0 Å². The molecule has 0 aromatic heterocycles. The van der Waals surface area contributed by atoms with Crippen LogP contribution < -0.4 is 5.32 Å². The fraction of sp³-hybridized carbons (Fsp3) is 0.438. The minimum atomic E-state index is -5.18. The van der Waals surface area contributed by atoms with E-state index in [-0.39, 0.29) is 5.92 Å². The van der Waals surface area contributed by atoms with Gasteiger partial charge in [-0.05, 0) is 31.9 Å². The first kappa shape index (κ1) is 16.7. The van der Waals surface area contributed by atoms with Gasteiger partial charge >= 0.3 is 6.18 Å². The Bertz CT molecular complexity index is 760. The van der Waals surface area contributed by atoms with Gasteiger partial charge in [0.25, 0.3) is 11.5 Å². The lowest BCUT2D eigenvalue weighted by Gasteiger charge is -2.32. The van der Waals surface area contributed by atoms with Crippen molar-refractivity contribution in [2.24, 2.45) is 5.92 Å². The summed E-state index contributed by atoms with van der Waals surface area (Å²) in [6.07, 6.45) is -5.48. The van der Waals surface area contributed by atoms with Crippen molar-refractivity contribution in [1.82, 2.24) is 0 Å². The van der Waals surface area contributed by atoms with Crippen molar-refractivity contribution >= 4 is 11.6 Å². The Hall–Kier alpha value is -2.14. The number of nitrogens with one attached hydrogen (secondary N) is 1. The van der Waals surface area contributed by atoms with Gasteiger partial charge in [-0.2, -0.15) is 13.2 Å². The molecule has 1 aliphatic carbocycles. The molecule has 1 amide bonds. The monoisotopic (exact) mass is 345 g/mol. The highest BCUT2D eigenvalue weighted by atomic mass is 19.4. The van der Waals surface area contributed by atoms with Crippen LogP contribution in [0.5, 0.6) is 0 Å². The smallest absolute Gasteiger partial charge is 0.337 e. The minimum Gasteiger partial charge on any atom is -0.337 e. The molecule has 2 atom stereocenters. The molecule has 1 aliphatic heterocycles. The Morgan fingerprint density at radius 2 is 1.96 bits per heavy atom. The second kappa shape index (κ2) is 5.45. The third-order valence-electron chi connectivity index (χ3n) is 3.86. The number of hydrogen-bond acceptors (Lipinski definition) is 2. The molecule has 1 aromatic carbocycles. The molecule has 0 spiro atoms. The summed E-state index contributed by atoms with van der Waals surface area (Å²) in [5, 5.41) is 2.13. The first-order valence-electron chi connectivity index (χ1n) is 7.22. The molecule has 8 heteroatoms. The van der Waals surface area contributed by atoms with Gasteiger partial charge in [-0.15, -0.1) is 0 Å². The molecule has 1 saturated carbocycles. The molecule has 3 rings (SSSR count). The molecule has 1 heterocycles. The van der Waals surface area contributed by atoms with Gasteiger partial charge in [-0.1, -0.05) is 11.8 Å². The number of fused-ring (bicyclic) bond motifs is 1. The Balaban J connectivity index is 2.32. The van der Waals surface area contributed by atoms with Gasteiger partial charge in [-0.25, -0.2) is 8.78 Å². The molecule has 0 bridgehead atoms. The highest BCUT2D eigenvalue weighted by molar-refractivity contribution is 5.95. The Labute approximate surface area is 134 Å². The van der Waals surface area contributed by atoms with Crippen molar-refractivity contribution in [2.45, 2.75) is 37.6 Å². The fourth-order valence-corrected chi connectivity index (χ4v) is 2.41. The van der Waals surface area contributed by atoms with Crippen molar-refractivity contribution in [3.8, 4) is 11.8 Å². The van der Waals surface area contributed by atoms with Gasteiger partial charge in [0.2, 0.25) is 0 Å². The van der Waals surface area contributed by atoms with Crippen LogP contribution in [0.1, 0.15) is 25.3 Å². The Kier molecular flexibility index (Phi) is 3.79. The number of benzene rings is 1. The summed E-state index contributed by atoms with van der Waals surface area (Å²) in [4.78, 5) is 11.9. The van der Waals surface area contributed by atoms with Gasteiger partial charge in [0.05, 0.1) is 11.3 Å². The van der Waals surface area contributed by atoms with E-state index in [1.807, 2.05) is 5.92 Å². The van der Waals surface area contributed by atoms with Crippen molar-refractivity contribution in [2.75, 3.05) is 5.32 Å². The van der Waals surface area contributed by atoms with Crippen LogP contribution in [0.4, 0.5) is 27.6 Å². The molecular weight excluding hydrogens is 333 g/mol. The summed E-state index contributed by atoms with van der Waals surface area (Å²) in [6, 6.07) is 1.51. The van der Waals surface area contributed by atoms with E-state index in [0.717, 1.165) is 13.0 Å². The van der Waals surface area contributed by atoms with Crippen molar-refractivity contribution in [3.05, 3.63) is 29.3 Å². The summed E-state index contributed by atoms with van der Waals surface area (Å²) >= 11 is 0. The maximum absolute atomic E-state index is 14.3. The molecule has 2 aliphatic rings. The van der Waals surface area contributed by atoms with Crippen LogP contribution in [-0.4, -0.2) is 18.2 Å². The van der Waals surface area contributed by atoms with E-state index in [9.17, 15) is 26.7 Å². The molecule has 0 radical (unpaired) electrons. The van der Waals surface area contributed by atoms with Gasteiger partial charge in [-0.3, -0.25) is 4.79 Å². The second-order valence-corrected chi connectivity index (χ2v) is 5.76. The largest absolute Gasteiger partial charge is 0.433 e. The Morgan fingerprint density at radius 1 is 1.29 bits per heavy atom. The van der Waals surface area contributed by atoms with Crippen molar-refractivity contribution in [3.63, 3.8) is 0 Å². The van der Waals surface area contributed by atoms with E-state index >= 15 is 0 Å². The summed E-state index contributed by atoms with van der Waals surface area (Å²) < 4.78 is 74.5. The van der Waals surface area contributed by atoms with E-state index in [2.05, 4.69) is 11.2 Å². The fourth-order valence-electron chi connectivity index (χ4n) is 2.41. The third kappa shape index (κ3) is 2.63. The van der Waals surface area contributed by atoms with Gasteiger partial charge in [0, 0.05) is 5.92 Å². The van der Waals surface area contributed by atoms with E-state index < -0.39 is 46.7 Å². The molecule has 24 heavy (non-hydrogen) atoms. The van der Waals surface area contributed by atoms with Crippen LogP contribution in [0.2, 0.25) is 0 Å². The maximum Gasteiger partial charge on any atom is 0.433 e. The van der Waals surface area contributed by atoms with Gasteiger partial charge in [0.15, 0.2) is 11.6 Å². The zero-order valence-electron chi connectivity index (χ0n) is 12.4. The first-order valence-corrected chi connectivity index (χ1v) is 7.22. The van der Waals surface area contributed by atoms with E-state index in [1.165, 1.54) is 0 Å². The zero-order valence-corrected chi connectivity index (χ0v) is 12.4. The molecule has 0 unspecified atom stereocenters. The molecule has 1 N–H and O–H groups in total.